The van der Waals surface area contributed by atoms with Gasteiger partial charge >= 0.3 is 0 Å². The Bertz CT molecular complexity index is 1940. The number of hydrogen-bond donors (Lipinski definition) is 1. The van der Waals surface area contributed by atoms with Crippen molar-refractivity contribution in [2.24, 2.45) is 0 Å². The number of anilines is 2. The Morgan fingerprint density at radius 2 is 1.53 bits per heavy atom. The number of benzene rings is 4. The third-order valence-electron chi connectivity index (χ3n) is 10.8. The Morgan fingerprint density at radius 3 is 2.29 bits per heavy atom. The minimum atomic E-state index is -0.105. The first-order chi connectivity index (χ1) is 23.7. The molecule has 1 aliphatic carbocycles. The van der Waals surface area contributed by atoms with E-state index in [9.17, 15) is 0 Å². The lowest BCUT2D eigenvalue weighted by atomic mass is 9.77. The highest BCUT2D eigenvalue weighted by atomic mass is 35.5. The average Bonchev–Trinajstić information content (AvgIpc) is 3.32. The van der Waals surface area contributed by atoms with E-state index in [1.807, 2.05) is 0 Å². The van der Waals surface area contributed by atoms with Crippen molar-refractivity contribution < 1.29 is 0 Å². The highest BCUT2D eigenvalue weighted by Gasteiger charge is 2.40. The van der Waals surface area contributed by atoms with Crippen LogP contribution in [-0.4, -0.2) is 13.1 Å². The van der Waals surface area contributed by atoms with Crippen LogP contribution in [0.25, 0.3) is 21.5 Å². The molecule has 1 N–H and O–H groups in total. The van der Waals surface area contributed by atoms with Gasteiger partial charge in [-0.05, 0) is 106 Å². The first-order valence-electron chi connectivity index (χ1n) is 18.7. The molecule has 0 fully saturated rings. The summed E-state index contributed by atoms with van der Waals surface area (Å²) < 4.78 is 0. The molecule has 1 aliphatic heterocycles. The van der Waals surface area contributed by atoms with Crippen LogP contribution in [0.1, 0.15) is 104 Å². The standard InChI is InChI=1S/C46H55ClN2/c1-7-9-31-48-39-27-24-33-17-11-13-22-37(33)42(39)45(3,4)30-16-21-35-19-15-20-36(44(35)47)26-29-41-46(5,6)43-38-23-14-12-18-34(38)25-28-40(43)49(41)32-10-8-2/h11-14,16-18,21-29,48H,7-10,15,19-20,30-32H2,1-6H3/b21-16+,36-26+,41-29+. The first-order valence-corrected chi connectivity index (χ1v) is 19.1. The summed E-state index contributed by atoms with van der Waals surface area (Å²) in [4.78, 5) is 2.57. The van der Waals surface area contributed by atoms with Crippen LogP contribution in [-0.2, 0) is 10.8 Å². The number of halogens is 1. The highest BCUT2D eigenvalue weighted by molar-refractivity contribution is 6.32. The van der Waals surface area contributed by atoms with Crippen LogP contribution in [0.15, 0.2) is 119 Å². The van der Waals surface area contributed by atoms with E-state index >= 15 is 0 Å². The molecule has 0 atom stereocenters. The molecular formula is C46H55ClN2. The molecule has 0 radical (unpaired) electrons. The molecule has 0 bridgehead atoms. The van der Waals surface area contributed by atoms with E-state index in [0.717, 1.165) is 50.2 Å². The first kappa shape index (κ1) is 35.1. The molecule has 6 rings (SSSR count). The van der Waals surface area contributed by atoms with Crippen molar-refractivity contribution in [3.05, 3.63) is 130 Å². The maximum absolute atomic E-state index is 7.24. The van der Waals surface area contributed by atoms with Gasteiger partial charge in [0.05, 0.1) is 0 Å². The summed E-state index contributed by atoms with van der Waals surface area (Å²) >= 11 is 7.24. The molecule has 0 spiro atoms. The van der Waals surface area contributed by atoms with Crippen molar-refractivity contribution in [2.75, 3.05) is 23.3 Å². The number of nitrogens with zero attached hydrogens (tertiary/aromatic N) is 1. The van der Waals surface area contributed by atoms with Gasteiger partial charge in [-0.25, -0.2) is 0 Å². The van der Waals surface area contributed by atoms with E-state index in [2.05, 4.69) is 149 Å². The third kappa shape index (κ3) is 7.13. The minimum absolute atomic E-state index is 0.0497. The molecule has 49 heavy (non-hydrogen) atoms. The van der Waals surface area contributed by atoms with Gasteiger partial charge in [0.1, 0.15) is 0 Å². The second kappa shape index (κ2) is 15.0. The van der Waals surface area contributed by atoms with E-state index in [1.165, 1.54) is 80.2 Å². The van der Waals surface area contributed by atoms with Crippen LogP contribution in [0.2, 0.25) is 0 Å². The Morgan fingerprint density at radius 1 is 0.837 bits per heavy atom. The van der Waals surface area contributed by atoms with Crippen LogP contribution in [0.4, 0.5) is 11.4 Å². The Labute approximate surface area is 300 Å². The number of allylic oxidation sites excluding steroid dienone is 8. The lowest BCUT2D eigenvalue weighted by Gasteiger charge is -2.29. The van der Waals surface area contributed by atoms with Gasteiger partial charge in [-0.1, -0.05) is 145 Å². The van der Waals surface area contributed by atoms with Crippen molar-refractivity contribution in [1.82, 2.24) is 0 Å². The van der Waals surface area contributed by atoms with Gasteiger partial charge in [0, 0.05) is 40.6 Å². The molecule has 256 valence electrons. The van der Waals surface area contributed by atoms with E-state index < -0.39 is 0 Å². The molecule has 0 saturated heterocycles. The highest BCUT2D eigenvalue weighted by Crippen LogP contribution is 2.51. The molecule has 0 aromatic heterocycles. The number of fused-ring (bicyclic) bond motifs is 4. The second-order valence-corrected chi connectivity index (χ2v) is 15.6. The maximum atomic E-state index is 7.24. The van der Waals surface area contributed by atoms with Gasteiger partial charge in [-0.2, -0.15) is 0 Å². The van der Waals surface area contributed by atoms with Gasteiger partial charge in [-0.3, -0.25) is 0 Å². The van der Waals surface area contributed by atoms with Crippen LogP contribution >= 0.6 is 11.6 Å². The van der Waals surface area contributed by atoms with Gasteiger partial charge in [0.25, 0.3) is 0 Å². The topological polar surface area (TPSA) is 15.3 Å². The Kier molecular flexibility index (Phi) is 10.8. The molecule has 0 unspecified atom stereocenters. The summed E-state index contributed by atoms with van der Waals surface area (Å²) in [5.41, 5.74) is 9.19. The number of unbranched alkanes of at least 4 members (excludes halogenated alkanes) is 2. The predicted molar refractivity (Wildman–Crippen MR) is 216 cm³/mol. The third-order valence-corrected chi connectivity index (χ3v) is 11.3. The van der Waals surface area contributed by atoms with E-state index in [1.54, 1.807) is 0 Å². The monoisotopic (exact) mass is 670 g/mol. The SMILES string of the molecule is CCCCNc1ccc2ccccc2c1C(C)(C)C/C=C/C1=C(Cl)C(=C/C=C2/N(CCCC)c3ccc4ccccc4c3C2(C)C)/CCC1. The van der Waals surface area contributed by atoms with Gasteiger partial charge in [0.15, 0.2) is 0 Å². The Balaban J connectivity index is 1.29. The zero-order valence-corrected chi connectivity index (χ0v) is 31.4. The molecule has 2 aliphatic rings. The quantitative estimate of drug-likeness (QED) is 0.151. The van der Waals surface area contributed by atoms with Crippen molar-refractivity contribution in [3.8, 4) is 0 Å². The van der Waals surface area contributed by atoms with E-state index in [0.29, 0.717) is 0 Å². The van der Waals surface area contributed by atoms with Crippen molar-refractivity contribution in [2.45, 2.75) is 104 Å². The molecule has 3 heteroatoms. The minimum Gasteiger partial charge on any atom is -0.385 e. The molecule has 4 aromatic carbocycles. The molecule has 2 nitrogen and oxygen atoms in total. The summed E-state index contributed by atoms with van der Waals surface area (Å²) in [6, 6.07) is 26.8. The smallest absolute Gasteiger partial charge is 0.0469 e. The fraction of sp³-hybridized carbons (Fsp3) is 0.391. The molecule has 0 saturated carbocycles. The molecule has 4 aromatic rings. The summed E-state index contributed by atoms with van der Waals surface area (Å²) in [6.45, 7) is 16.1. The summed E-state index contributed by atoms with van der Waals surface area (Å²) in [5, 5.41) is 10.0. The van der Waals surface area contributed by atoms with Crippen LogP contribution in [0, 0.1) is 0 Å². The molecule has 1 heterocycles. The summed E-state index contributed by atoms with van der Waals surface area (Å²) in [5.74, 6) is 0. The van der Waals surface area contributed by atoms with Crippen LogP contribution in [0.5, 0.6) is 0 Å². The zero-order chi connectivity index (χ0) is 34.6. The van der Waals surface area contributed by atoms with E-state index in [-0.39, 0.29) is 10.8 Å². The fourth-order valence-electron chi connectivity index (χ4n) is 8.13. The lowest BCUT2D eigenvalue weighted by molar-refractivity contribution is 0.539. The van der Waals surface area contributed by atoms with Gasteiger partial charge < -0.3 is 10.2 Å². The van der Waals surface area contributed by atoms with Crippen LogP contribution < -0.4 is 10.2 Å². The van der Waals surface area contributed by atoms with Gasteiger partial charge in [-0.15, -0.1) is 0 Å². The lowest BCUT2D eigenvalue weighted by Crippen LogP contribution is -2.27. The van der Waals surface area contributed by atoms with Crippen molar-refractivity contribution in [1.29, 1.82) is 0 Å². The number of nitrogens with one attached hydrogen (secondary N) is 1. The normalized spacial score (nSPS) is 18.1. The average molecular weight is 671 g/mol. The van der Waals surface area contributed by atoms with E-state index in [4.69, 9.17) is 11.6 Å². The summed E-state index contributed by atoms with van der Waals surface area (Å²) in [7, 11) is 0. The van der Waals surface area contributed by atoms with Crippen LogP contribution in [0.3, 0.4) is 0 Å². The molecular weight excluding hydrogens is 616 g/mol. The summed E-state index contributed by atoms with van der Waals surface area (Å²) in [6.07, 6.45) is 18.2. The van der Waals surface area contributed by atoms with Crippen molar-refractivity contribution >= 4 is 44.5 Å². The second-order valence-electron chi connectivity index (χ2n) is 15.2. The maximum Gasteiger partial charge on any atom is 0.0469 e. The fourth-order valence-corrected chi connectivity index (χ4v) is 8.44. The number of rotatable bonds is 12. The Hall–Kier alpha value is -3.75. The predicted octanol–water partition coefficient (Wildman–Crippen LogP) is 13.5. The largest absolute Gasteiger partial charge is 0.385 e. The number of hydrogen-bond acceptors (Lipinski definition) is 2. The zero-order valence-electron chi connectivity index (χ0n) is 30.6. The van der Waals surface area contributed by atoms with Crippen molar-refractivity contribution in [3.63, 3.8) is 0 Å². The van der Waals surface area contributed by atoms with Gasteiger partial charge in [0.2, 0.25) is 0 Å². The molecule has 0 amide bonds.